The Labute approximate surface area is 190 Å². The molecule has 0 aliphatic carbocycles. The van der Waals surface area contributed by atoms with E-state index in [0.717, 1.165) is 44.1 Å². The second kappa shape index (κ2) is 28.0. The summed E-state index contributed by atoms with van der Waals surface area (Å²) in [5.41, 5.74) is 1.16. The highest BCUT2D eigenvalue weighted by Crippen LogP contribution is 2.00. The quantitative estimate of drug-likeness (QED) is 0.237. The Morgan fingerprint density at radius 3 is 1.77 bits per heavy atom. The van der Waals surface area contributed by atoms with Crippen LogP contribution in [0.1, 0.15) is 120 Å². The fraction of sp³-hybridized carbons (Fsp3) is 0.885. The van der Waals surface area contributed by atoms with E-state index in [9.17, 15) is 4.79 Å². The molecule has 182 valence electrons. The second-order valence-corrected chi connectivity index (χ2v) is 8.75. The average Bonchev–Trinajstić information content (AvgIpc) is 2.66. The highest BCUT2D eigenvalue weighted by atomic mass is 16.1. The number of allylic oxidation sites excluding steroid dienone is 1. The molecule has 0 radical (unpaired) electrons. The van der Waals surface area contributed by atoms with Gasteiger partial charge in [-0.05, 0) is 45.6 Å². The van der Waals surface area contributed by atoms with Crippen LogP contribution in [0.15, 0.2) is 12.3 Å². The fourth-order valence-corrected chi connectivity index (χ4v) is 2.58. The Morgan fingerprint density at radius 1 is 0.767 bits per heavy atom. The molecule has 0 saturated carbocycles. The molecule has 0 aliphatic rings. The summed E-state index contributed by atoms with van der Waals surface area (Å²) in [7, 11) is 0. The van der Waals surface area contributed by atoms with Crippen LogP contribution in [0.2, 0.25) is 0 Å². The van der Waals surface area contributed by atoms with Crippen molar-refractivity contribution in [2.24, 2.45) is 5.92 Å². The van der Waals surface area contributed by atoms with Gasteiger partial charge in [-0.2, -0.15) is 0 Å². The molecule has 0 saturated heterocycles. The van der Waals surface area contributed by atoms with Crippen molar-refractivity contribution in [1.82, 2.24) is 16.0 Å². The molecule has 4 heteroatoms. The lowest BCUT2D eigenvalue weighted by atomic mass is 10.1. The predicted octanol–water partition coefficient (Wildman–Crippen LogP) is 6.81. The van der Waals surface area contributed by atoms with Crippen LogP contribution in [0.3, 0.4) is 0 Å². The van der Waals surface area contributed by atoms with E-state index in [0.29, 0.717) is 12.5 Å². The first-order chi connectivity index (χ1) is 14.2. The number of carbonyl (C=O) groups excluding carboxylic acids is 1. The molecular formula is C26H57N3O. The van der Waals surface area contributed by atoms with E-state index >= 15 is 0 Å². The SMILES string of the molecule is C=C(CCC)NC(C)C.CCCC(=O)NCCNCCC(C)C.CCCCCCC. The molecule has 0 heterocycles. The van der Waals surface area contributed by atoms with Crippen LogP contribution in [-0.4, -0.2) is 31.6 Å². The van der Waals surface area contributed by atoms with Crippen molar-refractivity contribution in [3.8, 4) is 0 Å². The molecule has 0 atom stereocenters. The monoisotopic (exact) mass is 427 g/mol. The molecule has 0 bridgehead atoms. The Hall–Kier alpha value is -1.03. The van der Waals surface area contributed by atoms with Gasteiger partial charge < -0.3 is 16.0 Å². The third-order valence-electron chi connectivity index (χ3n) is 4.25. The van der Waals surface area contributed by atoms with Crippen LogP contribution in [0.5, 0.6) is 0 Å². The molecule has 0 aromatic heterocycles. The molecule has 0 unspecified atom stereocenters. The molecule has 30 heavy (non-hydrogen) atoms. The van der Waals surface area contributed by atoms with Crippen LogP contribution in [0, 0.1) is 5.92 Å². The van der Waals surface area contributed by atoms with Gasteiger partial charge in [0, 0.05) is 31.2 Å². The largest absolute Gasteiger partial charge is 0.387 e. The van der Waals surface area contributed by atoms with Gasteiger partial charge in [-0.3, -0.25) is 4.79 Å². The minimum atomic E-state index is 0.165. The lowest BCUT2D eigenvalue weighted by molar-refractivity contribution is -0.121. The van der Waals surface area contributed by atoms with Crippen LogP contribution < -0.4 is 16.0 Å². The van der Waals surface area contributed by atoms with Gasteiger partial charge in [-0.15, -0.1) is 0 Å². The molecule has 4 nitrogen and oxygen atoms in total. The third kappa shape index (κ3) is 37.7. The smallest absolute Gasteiger partial charge is 0.220 e. The van der Waals surface area contributed by atoms with Crippen molar-refractivity contribution < 1.29 is 4.79 Å². The zero-order chi connectivity index (χ0) is 23.6. The summed E-state index contributed by atoms with van der Waals surface area (Å²) in [5, 5.41) is 9.42. The van der Waals surface area contributed by atoms with Crippen LogP contribution >= 0.6 is 0 Å². The fourth-order valence-electron chi connectivity index (χ4n) is 2.58. The number of carbonyl (C=O) groups is 1. The first-order valence-corrected chi connectivity index (χ1v) is 12.7. The van der Waals surface area contributed by atoms with Gasteiger partial charge >= 0.3 is 0 Å². The normalized spacial score (nSPS) is 10.1. The Morgan fingerprint density at radius 2 is 1.33 bits per heavy atom. The van der Waals surface area contributed by atoms with Crippen molar-refractivity contribution in [3.63, 3.8) is 0 Å². The average molecular weight is 428 g/mol. The summed E-state index contributed by atoms with van der Waals surface area (Å²) in [4.78, 5) is 11.0. The Bertz CT molecular complexity index is 350. The summed E-state index contributed by atoms with van der Waals surface area (Å²) in [6, 6.07) is 0.532. The number of hydrogen-bond acceptors (Lipinski definition) is 3. The van der Waals surface area contributed by atoms with Crippen molar-refractivity contribution in [2.75, 3.05) is 19.6 Å². The van der Waals surface area contributed by atoms with Gasteiger partial charge in [0.15, 0.2) is 0 Å². The van der Waals surface area contributed by atoms with E-state index in [2.05, 4.69) is 71.0 Å². The first kappa shape index (κ1) is 33.6. The van der Waals surface area contributed by atoms with Crippen molar-refractivity contribution in [3.05, 3.63) is 12.3 Å². The standard InChI is InChI=1S/C11H24N2O.C8H17N.C7H16/c1-4-5-11(14)13-9-8-12-7-6-10(2)3;1-5-6-8(4)9-7(2)3;1-3-5-7-6-4-2/h10,12H,4-9H2,1-3H3,(H,13,14);7,9H,4-6H2,1-3H3;3-7H2,1-2H3. The number of amides is 1. The molecule has 0 spiro atoms. The third-order valence-corrected chi connectivity index (χ3v) is 4.25. The summed E-state index contributed by atoms with van der Waals surface area (Å²) in [6.07, 6.45) is 12.0. The van der Waals surface area contributed by atoms with Gasteiger partial charge in [0.25, 0.3) is 0 Å². The van der Waals surface area contributed by atoms with Crippen molar-refractivity contribution in [2.45, 2.75) is 126 Å². The zero-order valence-corrected chi connectivity index (χ0v) is 22.0. The Balaban J connectivity index is -0.000000393. The van der Waals surface area contributed by atoms with Crippen molar-refractivity contribution in [1.29, 1.82) is 0 Å². The molecule has 0 rings (SSSR count). The van der Waals surface area contributed by atoms with E-state index in [1.807, 2.05) is 6.92 Å². The second-order valence-electron chi connectivity index (χ2n) is 8.75. The molecule has 0 aromatic carbocycles. The van der Waals surface area contributed by atoms with Gasteiger partial charge in [-0.1, -0.05) is 86.6 Å². The zero-order valence-electron chi connectivity index (χ0n) is 22.0. The minimum Gasteiger partial charge on any atom is -0.387 e. The summed E-state index contributed by atoms with van der Waals surface area (Å²) < 4.78 is 0. The number of unbranched alkanes of at least 4 members (excludes halogenated alkanes) is 4. The number of nitrogens with one attached hydrogen (secondary N) is 3. The van der Waals surface area contributed by atoms with E-state index in [4.69, 9.17) is 0 Å². The highest BCUT2D eigenvalue weighted by Gasteiger charge is 1.97. The van der Waals surface area contributed by atoms with Crippen molar-refractivity contribution >= 4 is 5.91 Å². The van der Waals surface area contributed by atoms with E-state index < -0.39 is 0 Å². The minimum absolute atomic E-state index is 0.165. The first-order valence-electron chi connectivity index (χ1n) is 12.7. The van der Waals surface area contributed by atoms with Gasteiger partial charge in [-0.25, -0.2) is 0 Å². The summed E-state index contributed by atoms with van der Waals surface area (Å²) in [6.45, 7) is 23.9. The van der Waals surface area contributed by atoms with E-state index in [1.165, 1.54) is 44.9 Å². The lowest BCUT2D eigenvalue weighted by Gasteiger charge is -2.10. The summed E-state index contributed by atoms with van der Waals surface area (Å²) >= 11 is 0. The summed E-state index contributed by atoms with van der Waals surface area (Å²) in [5.74, 6) is 0.912. The van der Waals surface area contributed by atoms with Crippen LogP contribution in [-0.2, 0) is 4.79 Å². The Kier molecular flexibility index (Phi) is 31.3. The van der Waals surface area contributed by atoms with E-state index in [-0.39, 0.29) is 5.91 Å². The maximum atomic E-state index is 11.0. The molecule has 0 fully saturated rings. The maximum absolute atomic E-state index is 11.0. The topological polar surface area (TPSA) is 53.2 Å². The molecule has 0 aliphatic heterocycles. The number of rotatable bonds is 16. The maximum Gasteiger partial charge on any atom is 0.220 e. The van der Waals surface area contributed by atoms with E-state index in [1.54, 1.807) is 0 Å². The predicted molar refractivity (Wildman–Crippen MR) is 137 cm³/mol. The van der Waals surface area contributed by atoms with Crippen LogP contribution in [0.25, 0.3) is 0 Å². The molecular weight excluding hydrogens is 370 g/mol. The molecule has 0 aromatic rings. The number of hydrogen-bond donors (Lipinski definition) is 3. The van der Waals surface area contributed by atoms with Crippen LogP contribution in [0.4, 0.5) is 0 Å². The van der Waals surface area contributed by atoms with Gasteiger partial charge in [0.05, 0.1) is 0 Å². The molecule has 1 amide bonds. The van der Waals surface area contributed by atoms with Gasteiger partial charge in [0.2, 0.25) is 5.91 Å². The lowest BCUT2D eigenvalue weighted by Crippen LogP contribution is -2.32. The highest BCUT2D eigenvalue weighted by molar-refractivity contribution is 5.75. The van der Waals surface area contributed by atoms with Gasteiger partial charge in [0.1, 0.15) is 0 Å². The molecule has 3 N–H and O–H groups in total.